The van der Waals surface area contributed by atoms with Gasteiger partial charge < -0.3 is 30.5 Å². The zero-order valence-corrected chi connectivity index (χ0v) is 11.8. The van der Waals surface area contributed by atoms with Crippen LogP contribution in [0.2, 0.25) is 0 Å². The minimum absolute atomic E-state index is 0.0123. The van der Waals surface area contributed by atoms with Gasteiger partial charge in [0.05, 0.1) is 25.2 Å². The van der Waals surface area contributed by atoms with Crippen molar-refractivity contribution in [2.45, 2.75) is 42.9 Å². The first-order valence-corrected chi connectivity index (χ1v) is 6.89. The third kappa shape index (κ3) is 3.53. The number of hydrogen-bond acceptors (Lipinski definition) is 8. The predicted octanol–water partition coefficient (Wildman–Crippen LogP) is -1.64. The molecule has 1 aliphatic carbocycles. The second kappa shape index (κ2) is 6.58. The SMILES string of the molecule is C#CCC1(CNC(=O)OC2C(O)CC(CO)[C@@H](O)[C@@H]2O)N=N1. The summed E-state index contributed by atoms with van der Waals surface area (Å²) in [5.41, 5.74) is -0.806. The molecule has 9 heteroatoms. The highest BCUT2D eigenvalue weighted by Gasteiger charge is 2.45. The van der Waals surface area contributed by atoms with Gasteiger partial charge in [-0.3, -0.25) is 0 Å². The molecule has 1 aliphatic heterocycles. The number of hydrogen-bond donors (Lipinski definition) is 5. The molecule has 22 heavy (non-hydrogen) atoms. The molecule has 0 aromatic carbocycles. The third-order valence-electron chi connectivity index (χ3n) is 3.85. The fourth-order valence-corrected chi connectivity index (χ4v) is 2.43. The van der Waals surface area contributed by atoms with E-state index < -0.39 is 42.1 Å². The summed E-state index contributed by atoms with van der Waals surface area (Å²) in [7, 11) is 0. The molecule has 0 bridgehead atoms. The molecule has 0 aromatic heterocycles. The highest BCUT2D eigenvalue weighted by molar-refractivity contribution is 5.67. The summed E-state index contributed by atoms with van der Waals surface area (Å²) < 4.78 is 4.95. The summed E-state index contributed by atoms with van der Waals surface area (Å²) >= 11 is 0. The van der Waals surface area contributed by atoms with Crippen molar-refractivity contribution in [1.82, 2.24) is 5.32 Å². The van der Waals surface area contributed by atoms with Crippen LogP contribution in [0.15, 0.2) is 10.2 Å². The number of aliphatic hydroxyl groups is 4. The highest BCUT2D eigenvalue weighted by Crippen LogP contribution is 2.31. The van der Waals surface area contributed by atoms with Crippen molar-refractivity contribution in [3.8, 4) is 12.3 Å². The van der Waals surface area contributed by atoms with Crippen molar-refractivity contribution < 1.29 is 30.0 Å². The molecule has 2 aliphatic rings. The summed E-state index contributed by atoms with van der Waals surface area (Å²) in [4.78, 5) is 11.7. The van der Waals surface area contributed by atoms with Crippen LogP contribution in [0.3, 0.4) is 0 Å². The van der Waals surface area contributed by atoms with Gasteiger partial charge in [-0.15, -0.1) is 12.3 Å². The fraction of sp³-hybridized carbons (Fsp3) is 0.769. The number of carbonyl (C=O) groups is 1. The Bertz CT molecular complexity index is 485. The molecule has 0 saturated heterocycles. The number of carbonyl (C=O) groups excluding carboxylic acids is 1. The first-order chi connectivity index (χ1) is 10.4. The van der Waals surface area contributed by atoms with Crippen molar-refractivity contribution >= 4 is 6.09 Å². The second-order valence-corrected chi connectivity index (χ2v) is 5.51. The number of nitrogens with one attached hydrogen (secondary N) is 1. The van der Waals surface area contributed by atoms with Crippen molar-refractivity contribution in [3.63, 3.8) is 0 Å². The average molecular weight is 313 g/mol. The lowest BCUT2D eigenvalue weighted by atomic mass is 9.81. The van der Waals surface area contributed by atoms with Crippen LogP contribution < -0.4 is 5.32 Å². The minimum Gasteiger partial charge on any atom is -0.441 e. The van der Waals surface area contributed by atoms with Crippen LogP contribution in [-0.4, -0.2) is 69.7 Å². The number of terminal acetylenes is 1. The molecule has 3 unspecified atom stereocenters. The van der Waals surface area contributed by atoms with Gasteiger partial charge in [-0.25, -0.2) is 4.79 Å². The number of ether oxygens (including phenoxy) is 1. The number of alkyl carbamates (subject to hydrolysis) is 1. The predicted molar refractivity (Wildman–Crippen MR) is 72.5 cm³/mol. The second-order valence-electron chi connectivity index (χ2n) is 5.51. The largest absolute Gasteiger partial charge is 0.441 e. The zero-order valence-electron chi connectivity index (χ0n) is 11.8. The molecule has 122 valence electrons. The Labute approximate surface area is 127 Å². The van der Waals surface area contributed by atoms with E-state index in [1.807, 2.05) is 0 Å². The fourth-order valence-electron chi connectivity index (χ4n) is 2.43. The van der Waals surface area contributed by atoms with Crippen LogP contribution in [0, 0.1) is 18.3 Å². The third-order valence-corrected chi connectivity index (χ3v) is 3.85. The lowest BCUT2D eigenvalue weighted by Gasteiger charge is -2.39. The van der Waals surface area contributed by atoms with Crippen LogP contribution in [0.4, 0.5) is 4.79 Å². The van der Waals surface area contributed by atoms with E-state index in [-0.39, 0.29) is 26.0 Å². The van der Waals surface area contributed by atoms with E-state index in [1.165, 1.54) is 0 Å². The maximum atomic E-state index is 11.7. The Kier molecular flexibility index (Phi) is 4.97. The topological polar surface area (TPSA) is 144 Å². The first-order valence-electron chi connectivity index (χ1n) is 6.89. The van der Waals surface area contributed by atoms with Gasteiger partial charge in [0, 0.05) is 12.5 Å². The summed E-state index contributed by atoms with van der Waals surface area (Å²) in [6, 6.07) is 0. The van der Waals surface area contributed by atoms with Crippen LogP contribution >= 0.6 is 0 Å². The van der Waals surface area contributed by atoms with Crippen LogP contribution in [0.1, 0.15) is 12.8 Å². The molecule has 1 heterocycles. The molecule has 0 aromatic rings. The molecular formula is C13H19N3O6. The van der Waals surface area contributed by atoms with Gasteiger partial charge in [0.15, 0.2) is 6.10 Å². The molecule has 0 spiro atoms. The molecule has 2 rings (SSSR count). The van der Waals surface area contributed by atoms with Gasteiger partial charge in [-0.2, -0.15) is 10.2 Å². The standard InChI is InChI=1S/C13H19N3O6/c1-2-3-13(15-16-13)6-14-12(21)22-11-8(18)4-7(5-17)9(19)10(11)20/h1,7-11,17-20H,3-6H2,(H,14,21)/t7?,8?,9-,10+,11?/m1/s1. The Morgan fingerprint density at radius 3 is 2.59 bits per heavy atom. The number of rotatable bonds is 5. The van der Waals surface area contributed by atoms with Crippen LogP contribution in [0.5, 0.6) is 0 Å². The normalized spacial score (nSPS) is 35.5. The minimum atomic E-state index is -1.48. The molecule has 9 nitrogen and oxygen atoms in total. The Balaban J connectivity index is 1.84. The lowest BCUT2D eigenvalue weighted by molar-refractivity contribution is -0.163. The van der Waals surface area contributed by atoms with Gasteiger partial charge in [0.25, 0.3) is 0 Å². The van der Waals surface area contributed by atoms with Gasteiger partial charge >= 0.3 is 6.09 Å². The molecule has 1 saturated carbocycles. The monoisotopic (exact) mass is 313 g/mol. The maximum Gasteiger partial charge on any atom is 0.407 e. The van der Waals surface area contributed by atoms with Gasteiger partial charge in [-0.1, -0.05) is 0 Å². The summed E-state index contributed by atoms with van der Waals surface area (Å²) in [5.74, 6) is 1.72. The summed E-state index contributed by atoms with van der Waals surface area (Å²) in [6.45, 7) is -0.331. The smallest absolute Gasteiger partial charge is 0.407 e. The van der Waals surface area contributed by atoms with E-state index >= 15 is 0 Å². The van der Waals surface area contributed by atoms with E-state index in [9.17, 15) is 20.1 Å². The highest BCUT2D eigenvalue weighted by atomic mass is 16.6. The lowest BCUT2D eigenvalue weighted by Crippen LogP contribution is -2.56. The van der Waals surface area contributed by atoms with E-state index in [2.05, 4.69) is 21.5 Å². The quantitative estimate of drug-likeness (QED) is 0.385. The van der Waals surface area contributed by atoms with E-state index in [1.54, 1.807) is 0 Å². The molecule has 1 fully saturated rings. The van der Waals surface area contributed by atoms with Crippen molar-refractivity contribution in [1.29, 1.82) is 0 Å². The summed E-state index contributed by atoms with van der Waals surface area (Å²) in [5, 5.41) is 48.5. The Hall–Kier alpha value is -1.73. The van der Waals surface area contributed by atoms with Crippen molar-refractivity contribution in [2.75, 3.05) is 13.2 Å². The molecule has 5 atom stereocenters. The Morgan fingerprint density at radius 2 is 2.05 bits per heavy atom. The van der Waals surface area contributed by atoms with Gasteiger partial charge in [-0.05, 0) is 6.42 Å². The van der Waals surface area contributed by atoms with E-state index in [0.717, 1.165) is 0 Å². The number of nitrogens with zero attached hydrogens (tertiary/aromatic N) is 2. The molecular weight excluding hydrogens is 294 g/mol. The number of amides is 1. The molecule has 5 N–H and O–H groups in total. The molecule has 0 radical (unpaired) electrons. The van der Waals surface area contributed by atoms with Gasteiger partial charge in [0.1, 0.15) is 6.10 Å². The van der Waals surface area contributed by atoms with Crippen LogP contribution in [0.25, 0.3) is 0 Å². The first kappa shape index (κ1) is 16.6. The number of aliphatic hydroxyl groups excluding tert-OH is 4. The summed E-state index contributed by atoms with van der Waals surface area (Å²) in [6.07, 6.45) is -0.698. The van der Waals surface area contributed by atoms with Crippen LogP contribution in [-0.2, 0) is 4.74 Å². The van der Waals surface area contributed by atoms with E-state index in [0.29, 0.717) is 0 Å². The van der Waals surface area contributed by atoms with Crippen molar-refractivity contribution in [3.05, 3.63) is 0 Å². The Morgan fingerprint density at radius 1 is 1.36 bits per heavy atom. The average Bonchev–Trinajstić information content (AvgIpc) is 3.26. The molecule has 1 amide bonds. The van der Waals surface area contributed by atoms with E-state index in [4.69, 9.17) is 16.3 Å². The zero-order chi connectivity index (χ0) is 16.3. The maximum absolute atomic E-state index is 11.7. The van der Waals surface area contributed by atoms with Crippen molar-refractivity contribution in [2.24, 2.45) is 16.1 Å². The van der Waals surface area contributed by atoms with Gasteiger partial charge in [0.2, 0.25) is 5.66 Å².